The molecule has 0 bridgehead atoms. The molecule has 1 aliphatic rings. The summed E-state index contributed by atoms with van der Waals surface area (Å²) in [5.41, 5.74) is -0.446. The molecule has 0 radical (unpaired) electrons. The van der Waals surface area contributed by atoms with Crippen molar-refractivity contribution in [3.05, 3.63) is 0 Å². The Morgan fingerprint density at radius 3 is 2.35 bits per heavy atom. The van der Waals surface area contributed by atoms with Crippen LogP contribution < -0.4 is 0 Å². The lowest BCUT2D eigenvalue weighted by molar-refractivity contribution is -0.108. The average molecular weight is 353 g/mol. The summed E-state index contributed by atoms with van der Waals surface area (Å²) in [6.45, 7) is 6.94. The number of aldehydes is 1. The summed E-state index contributed by atoms with van der Waals surface area (Å²) >= 11 is 2.34. The van der Waals surface area contributed by atoms with Crippen LogP contribution in [0.15, 0.2) is 0 Å². The van der Waals surface area contributed by atoms with Gasteiger partial charge in [0.15, 0.2) is 0 Å². The summed E-state index contributed by atoms with van der Waals surface area (Å²) in [5, 5.41) is 0. The molecule has 0 aromatic rings. The SMILES string of the molecule is CC(C)(C)OC(=O)N1CCC(I)(CC=O)CC1. The van der Waals surface area contributed by atoms with Gasteiger partial charge in [-0.25, -0.2) is 4.79 Å². The Hall–Kier alpha value is -0.330. The van der Waals surface area contributed by atoms with E-state index in [-0.39, 0.29) is 9.51 Å². The molecule has 4 nitrogen and oxygen atoms in total. The highest BCUT2D eigenvalue weighted by Crippen LogP contribution is 2.34. The molecule has 17 heavy (non-hydrogen) atoms. The zero-order chi connectivity index (χ0) is 13.1. The van der Waals surface area contributed by atoms with Crippen LogP contribution in [-0.4, -0.2) is 39.4 Å². The molecule has 1 aliphatic heterocycles. The molecule has 1 saturated heterocycles. The molecule has 1 amide bonds. The largest absolute Gasteiger partial charge is 0.444 e. The van der Waals surface area contributed by atoms with Crippen molar-refractivity contribution in [2.75, 3.05) is 13.1 Å². The van der Waals surface area contributed by atoms with Crippen molar-refractivity contribution in [2.45, 2.75) is 49.1 Å². The van der Waals surface area contributed by atoms with Crippen molar-refractivity contribution < 1.29 is 14.3 Å². The van der Waals surface area contributed by atoms with Crippen LogP contribution in [0.2, 0.25) is 0 Å². The monoisotopic (exact) mass is 353 g/mol. The Bertz CT molecular complexity index is 291. The number of likely N-dealkylation sites (tertiary alicyclic amines) is 1. The van der Waals surface area contributed by atoms with Crippen LogP contribution in [0.4, 0.5) is 4.79 Å². The number of amides is 1. The minimum Gasteiger partial charge on any atom is -0.444 e. The summed E-state index contributed by atoms with van der Waals surface area (Å²) in [6.07, 6.45) is 2.99. The highest BCUT2D eigenvalue weighted by Gasteiger charge is 2.34. The number of carbonyl (C=O) groups excluding carboxylic acids is 2. The second kappa shape index (κ2) is 5.54. The van der Waals surface area contributed by atoms with Crippen LogP contribution in [0, 0.1) is 0 Å². The molecule has 1 rings (SSSR count). The molecule has 0 unspecified atom stereocenters. The van der Waals surface area contributed by atoms with E-state index in [1.54, 1.807) is 4.90 Å². The average Bonchev–Trinajstić information content (AvgIpc) is 2.15. The predicted octanol–water partition coefficient (Wildman–Crippen LogP) is 2.78. The Balaban J connectivity index is 2.46. The van der Waals surface area contributed by atoms with E-state index in [4.69, 9.17) is 4.74 Å². The lowest BCUT2D eigenvalue weighted by Gasteiger charge is -2.37. The van der Waals surface area contributed by atoms with Crippen molar-refractivity contribution in [2.24, 2.45) is 0 Å². The zero-order valence-corrected chi connectivity index (χ0v) is 12.8. The molecule has 0 saturated carbocycles. The Morgan fingerprint density at radius 2 is 1.94 bits per heavy atom. The van der Waals surface area contributed by atoms with Gasteiger partial charge in [0.05, 0.1) is 0 Å². The van der Waals surface area contributed by atoms with Gasteiger partial charge in [0, 0.05) is 22.9 Å². The Morgan fingerprint density at radius 1 is 1.41 bits per heavy atom. The maximum absolute atomic E-state index is 11.8. The molecule has 0 aromatic heterocycles. The van der Waals surface area contributed by atoms with Crippen LogP contribution in [0.25, 0.3) is 0 Å². The normalized spacial score (nSPS) is 19.9. The van der Waals surface area contributed by atoms with Gasteiger partial charge in [0.25, 0.3) is 0 Å². The van der Waals surface area contributed by atoms with Crippen molar-refractivity contribution in [3.8, 4) is 0 Å². The van der Waals surface area contributed by atoms with Gasteiger partial charge in [0.1, 0.15) is 11.9 Å². The number of hydrogen-bond donors (Lipinski definition) is 0. The molecular formula is C12H20INO3. The van der Waals surface area contributed by atoms with E-state index in [1.807, 2.05) is 20.8 Å². The molecule has 0 aliphatic carbocycles. The van der Waals surface area contributed by atoms with Gasteiger partial charge in [-0.05, 0) is 33.6 Å². The number of hydrogen-bond acceptors (Lipinski definition) is 3. The lowest BCUT2D eigenvalue weighted by atomic mass is 9.94. The second-order valence-corrected chi connectivity index (χ2v) is 7.78. The zero-order valence-electron chi connectivity index (χ0n) is 10.7. The minimum absolute atomic E-state index is 0.0258. The van der Waals surface area contributed by atoms with E-state index >= 15 is 0 Å². The second-order valence-electron chi connectivity index (χ2n) is 5.49. The fourth-order valence-electron chi connectivity index (χ4n) is 1.77. The standard InChI is InChI=1S/C12H20INO3/c1-11(2,3)17-10(16)14-7-4-12(13,5-8-14)6-9-15/h9H,4-8H2,1-3H3. The number of nitrogens with zero attached hydrogens (tertiary/aromatic N) is 1. The number of piperidine rings is 1. The fourth-order valence-corrected chi connectivity index (χ4v) is 2.43. The van der Waals surface area contributed by atoms with Crippen molar-refractivity contribution >= 4 is 35.0 Å². The summed E-state index contributed by atoms with van der Waals surface area (Å²) in [4.78, 5) is 24.1. The number of ether oxygens (including phenoxy) is 1. The van der Waals surface area contributed by atoms with Gasteiger partial charge in [-0.15, -0.1) is 0 Å². The first-order valence-corrected chi connectivity index (χ1v) is 6.94. The highest BCUT2D eigenvalue weighted by atomic mass is 127. The molecule has 1 fully saturated rings. The van der Waals surface area contributed by atoms with Crippen LogP contribution >= 0.6 is 22.6 Å². The van der Waals surface area contributed by atoms with Gasteiger partial charge in [-0.2, -0.15) is 0 Å². The fraction of sp³-hybridized carbons (Fsp3) is 0.833. The smallest absolute Gasteiger partial charge is 0.410 e. The maximum atomic E-state index is 11.8. The van der Waals surface area contributed by atoms with E-state index in [9.17, 15) is 9.59 Å². The van der Waals surface area contributed by atoms with Gasteiger partial charge >= 0.3 is 6.09 Å². The van der Waals surface area contributed by atoms with Crippen LogP contribution in [-0.2, 0) is 9.53 Å². The molecule has 0 aromatic carbocycles. The minimum atomic E-state index is -0.446. The number of rotatable bonds is 2. The number of halogens is 1. The maximum Gasteiger partial charge on any atom is 0.410 e. The number of alkyl halides is 1. The summed E-state index contributed by atoms with van der Waals surface area (Å²) < 4.78 is 5.35. The Kier molecular flexibility index (Phi) is 4.80. The third kappa shape index (κ3) is 4.81. The van der Waals surface area contributed by atoms with E-state index < -0.39 is 5.60 Å². The third-order valence-corrected chi connectivity index (χ3v) is 4.28. The van der Waals surface area contributed by atoms with E-state index in [0.717, 1.165) is 19.1 Å². The third-order valence-electron chi connectivity index (χ3n) is 2.76. The summed E-state index contributed by atoms with van der Waals surface area (Å²) in [7, 11) is 0. The quantitative estimate of drug-likeness (QED) is 0.436. The predicted molar refractivity (Wildman–Crippen MR) is 74.5 cm³/mol. The van der Waals surface area contributed by atoms with Gasteiger partial charge < -0.3 is 14.4 Å². The molecule has 5 heteroatoms. The highest BCUT2D eigenvalue weighted by molar-refractivity contribution is 14.1. The molecular weight excluding hydrogens is 333 g/mol. The molecule has 98 valence electrons. The first-order chi connectivity index (χ1) is 7.76. The molecule has 0 N–H and O–H groups in total. The molecule has 1 heterocycles. The van der Waals surface area contributed by atoms with Crippen molar-refractivity contribution in [1.29, 1.82) is 0 Å². The van der Waals surface area contributed by atoms with Crippen molar-refractivity contribution in [3.63, 3.8) is 0 Å². The van der Waals surface area contributed by atoms with Gasteiger partial charge in [0.2, 0.25) is 0 Å². The van der Waals surface area contributed by atoms with Crippen LogP contribution in [0.1, 0.15) is 40.0 Å². The molecule has 0 spiro atoms. The van der Waals surface area contributed by atoms with E-state index in [2.05, 4.69) is 22.6 Å². The summed E-state index contributed by atoms with van der Waals surface area (Å²) in [5.74, 6) is 0. The van der Waals surface area contributed by atoms with Crippen LogP contribution in [0.3, 0.4) is 0 Å². The first kappa shape index (κ1) is 14.7. The molecule has 0 atom stereocenters. The van der Waals surface area contributed by atoms with Crippen molar-refractivity contribution in [1.82, 2.24) is 4.90 Å². The van der Waals surface area contributed by atoms with E-state index in [0.29, 0.717) is 19.5 Å². The lowest BCUT2D eigenvalue weighted by Crippen LogP contribution is -2.45. The van der Waals surface area contributed by atoms with Gasteiger partial charge in [-0.1, -0.05) is 22.6 Å². The number of carbonyl (C=O) groups is 2. The van der Waals surface area contributed by atoms with Gasteiger partial charge in [-0.3, -0.25) is 0 Å². The first-order valence-electron chi connectivity index (χ1n) is 5.86. The van der Waals surface area contributed by atoms with Crippen LogP contribution in [0.5, 0.6) is 0 Å². The van der Waals surface area contributed by atoms with E-state index in [1.165, 1.54) is 0 Å². The Labute approximate surface area is 116 Å². The summed E-state index contributed by atoms with van der Waals surface area (Å²) in [6, 6.07) is 0. The topological polar surface area (TPSA) is 46.6 Å².